The van der Waals surface area contributed by atoms with Crippen LogP contribution in [0.5, 0.6) is 0 Å². The standard InChI is InChI=1S/C17H14ClN3O2S/c1-12(13-3-2-4-16(11-13)21(22)23)24-17-19-9-10-20(17)15-7-5-14(18)6-8-15/h2-12H,1H3. The lowest BCUT2D eigenvalue weighted by Crippen LogP contribution is -1.98. The van der Waals surface area contributed by atoms with Crippen LogP contribution >= 0.6 is 23.4 Å². The summed E-state index contributed by atoms with van der Waals surface area (Å²) in [4.78, 5) is 14.9. The molecule has 24 heavy (non-hydrogen) atoms. The first-order chi connectivity index (χ1) is 11.5. The van der Waals surface area contributed by atoms with E-state index in [1.807, 2.05) is 48.0 Å². The van der Waals surface area contributed by atoms with E-state index in [4.69, 9.17) is 11.6 Å². The van der Waals surface area contributed by atoms with Gasteiger partial charge >= 0.3 is 0 Å². The average molecular weight is 360 g/mol. The first-order valence-electron chi connectivity index (χ1n) is 7.25. The van der Waals surface area contributed by atoms with Crippen LogP contribution in [0.2, 0.25) is 5.02 Å². The number of imidazole rings is 1. The van der Waals surface area contributed by atoms with Gasteiger partial charge in [-0.3, -0.25) is 14.7 Å². The maximum atomic E-state index is 10.9. The number of nitrogens with zero attached hydrogens (tertiary/aromatic N) is 3. The van der Waals surface area contributed by atoms with Crippen molar-refractivity contribution in [2.45, 2.75) is 17.3 Å². The molecular formula is C17H14ClN3O2S. The SMILES string of the molecule is CC(Sc1nccn1-c1ccc(Cl)cc1)c1cccc([N+](=O)[O-])c1. The number of rotatable bonds is 5. The highest BCUT2D eigenvalue weighted by Crippen LogP contribution is 2.36. The van der Waals surface area contributed by atoms with Gasteiger partial charge in [0.1, 0.15) is 0 Å². The summed E-state index contributed by atoms with van der Waals surface area (Å²) in [6.45, 7) is 2.00. The Balaban J connectivity index is 1.84. The molecule has 122 valence electrons. The van der Waals surface area contributed by atoms with Crippen molar-refractivity contribution >= 4 is 29.1 Å². The second-order valence-corrected chi connectivity index (χ2v) is 6.91. The minimum Gasteiger partial charge on any atom is -0.295 e. The molecule has 0 fully saturated rings. The highest BCUT2D eigenvalue weighted by molar-refractivity contribution is 7.99. The fourth-order valence-electron chi connectivity index (χ4n) is 2.29. The van der Waals surface area contributed by atoms with Gasteiger partial charge in [0, 0.05) is 40.5 Å². The van der Waals surface area contributed by atoms with Crippen LogP contribution in [0.1, 0.15) is 17.7 Å². The Bertz CT molecular complexity index is 864. The molecule has 3 aromatic rings. The van der Waals surface area contributed by atoms with Crippen LogP contribution in [0.25, 0.3) is 5.69 Å². The zero-order valence-electron chi connectivity index (χ0n) is 12.8. The smallest absolute Gasteiger partial charge is 0.269 e. The van der Waals surface area contributed by atoms with E-state index in [1.54, 1.807) is 30.1 Å². The molecule has 1 aromatic heterocycles. The van der Waals surface area contributed by atoms with Crippen molar-refractivity contribution in [2.24, 2.45) is 0 Å². The third kappa shape index (κ3) is 3.60. The number of benzene rings is 2. The van der Waals surface area contributed by atoms with Crippen LogP contribution in [0, 0.1) is 10.1 Å². The van der Waals surface area contributed by atoms with Crippen molar-refractivity contribution in [1.29, 1.82) is 0 Å². The number of aromatic nitrogens is 2. The van der Waals surface area contributed by atoms with Gasteiger partial charge in [-0.25, -0.2) is 4.98 Å². The van der Waals surface area contributed by atoms with E-state index in [0.29, 0.717) is 5.02 Å². The second-order valence-electron chi connectivity index (χ2n) is 5.17. The molecule has 1 heterocycles. The molecule has 0 aliphatic carbocycles. The Morgan fingerprint density at radius 1 is 1.25 bits per heavy atom. The van der Waals surface area contributed by atoms with Crippen LogP contribution in [-0.4, -0.2) is 14.5 Å². The Morgan fingerprint density at radius 2 is 2.00 bits per heavy atom. The number of hydrogen-bond acceptors (Lipinski definition) is 4. The van der Waals surface area contributed by atoms with Crippen molar-refractivity contribution in [3.63, 3.8) is 0 Å². The molecule has 0 radical (unpaired) electrons. The Labute approximate surface area is 148 Å². The van der Waals surface area contributed by atoms with Crippen LogP contribution in [-0.2, 0) is 0 Å². The highest BCUT2D eigenvalue weighted by atomic mass is 35.5. The minimum absolute atomic E-state index is 0.0263. The molecule has 1 atom stereocenters. The molecule has 5 nitrogen and oxygen atoms in total. The van der Waals surface area contributed by atoms with Crippen LogP contribution in [0.4, 0.5) is 5.69 Å². The fourth-order valence-corrected chi connectivity index (χ4v) is 3.42. The van der Waals surface area contributed by atoms with Crippen molar-refractivity contribution in [3.05, 3.63) is 81.6 Å². The van der Waals surface area contributed by atoms with Crippen molar-refractivity contribution in [3.8, 4) is 5.69 Å². The van der Waals surface area contributed by atoms with Gasteiger partial charge in [-0.15, -0.1) is 0 Å². The predicted octanol–water partition coefficient (Wildman–Crippen LogP) is 5.29. The van der Waals surface area contributed by atoms with E-state index in [1.165, 1.54) is 6.07 Å². The molecule has 0 aliphatic heterocycles. The van der Waals surface area contributed by atoms with Crippen LogP contribution in [0.3, 0.4) is 0 Å². The van der Waals surface area contributed by atoms with E-state index in [9.17, 15) is 10.1 Å². The first-order valence-corrected chi connectivity index (χ1v) is 8.50. The Hall–Kier alpha value is -2.31. The molecule has 1 unspecified atom stereocenters. The highest BCUT2D eigenvalue weighted by Gasteiger charge is 2.15. The maximum absolute atomic E-state index is 10.9. The van der Waals surface area contributed by atoms with E-state index in [0.717, 1.165) is 16.4 Å². The van der Waals surface area contributed by atoms with E-state index in [2.05, 4.69) is 4.98 Å². The summed E-state index contributed by atoms with van der Waals surface area (Å²) < 4.78 is 1.97. The van der Waals surface area contributed by atoms with Gasteiger partial charge in [0.2, 0.25) is 0 Å². The summed E-state index contributed by atoms with van der Waals surface area (Å²) in [5.41, 5.74) is 1.95. The molecule has 3 rings (SSSR count). The largest absolute Gasteiger partial charge is 0.295 e. The van der Waals surface area contributed by atoms with Crippen LogP contribution < -0.4 is 0 Å². The van der Waals surface area contributed by atoms with Gasteiger partial charge in [0.25, 0.3) is 5.69 Å². The molecular weight excluding hydrogens is 346 g/mol. The number of nitro groups is 1. The number of non-ortho nitro benzene ring substituents is 1. The molecule has 0 aliphatic rings. The van der Waals surface area contributed by atoms with Gasteiger partial charge in [-0.2, -0.15) is 0 Å². The summed E-state index contributed by atoms with van der Waals surface area (Å²) in [5.74, 6) is 0. The van der Waals surface area contributed by atoms with Gasteiger partial charge in [0.05, 0.1) is 4.92 Å². The zero-order chi connectivity index (χ0) is 17.1. The molecule has 0 N–H and O–H groups in total. The summed E-state index contributed by atoms with van der Waals surface area (Å²) in [5, 5.41) is 12.5. The molecule has 0 amide bonds. The zero-order valence-corrected chi connectivity index (χ0v) is 14.4. The van der Waals surface area contributed by atoms with E-state index >= 15 is 0 Å². The van der Waals surface area contributed by atoms with E-state index in [-0.39, 0.29) is 15.9 Å². The van der Waals surface area contributed by atoms with Crippen molar-refractivity contribution in [1.82, 2.24) is 9.55 Å². The summed E-state index contributed by atoms with van der Waals surface area (Å²) in [7, 11) is 0. The molecule has 2 aromatic carbocycles. The maximum Gasteiger partial charge on any atom is 0.269 e. The predicted molar refractivity (Wildman–Crippen MR) is 95.9 cm³/mol. The minimum atomic E-state index is -0.379. The lowest BCUT2D eigenvalue weighted by molar-refractivity contribution is -0.384. The molecule has 0 saturated heterocycles. The molecule has 0 saturated carbocycles. The lowest BCUT2D eigenvalue weighted by atomic mass is 10.1. The number of thioether (sulfide) groups is 1. The van der Waals surface area contributed by atoms with Gasteiger partial charge in [-0.1, -0.05) is 35.5 Å². The molecule has 7 heteroatoms. The normalized spacial score (nSPS) is 12.1. The third-order valence-electron chi connectivity index (χ3n) is 3.54. The Kier molecular flexibility index (Phi) is 4.87. The topological polar surface area (TPSA) is 61.0 Å². The molecule has 0 spiro atoms. The lowest BCUT2D eigenvalue weighted by Gasteiger charge is -2.13. The summed E-state index contributed by atoms with van der Waals surface area (Å²) >= 11 is 7.48. The summed E-state index contributed by atoms with van der Waals surface area (Å²) in [6, 6.07) is 14.2. The Morgan fingerprint density at radius 3 is 2.71 bits per heavy atom. The third-order valence-corrected chi connectivity index (χ3v) is 4.93. The molecule has 0 bridgehead atoms. The monoisotopic (exact) mass is 359 g/mol. The fraction of sp³-hybridized carbons (Fsp3) is 0.118. The second kappa shape index (κ2) is 7.07. The number of nitro benzene ring substituents is 1. The summed E-state index contributed by atoms with van der Waals surface area (Å²) in [6.07, 6.45) is 3.61. The first kappa shape index (κ1) is 16.5. The van der Waals surface area contributed by atoms with Gasteiger partial charge in [0.15, 0.2) is 5.16 Å². The number of hydrogen-bond donors (Lipinski definition) is 0. The van der Waals surface area contributed by atoms with Crippen LogP contribution in [0.15, 0.2) is 66.1 Å². The van der Waals surface area contributed by atoms with Gasteiger partial charge in [-0.05, 0) is 36.8 Å². The van der Waals surface area contributed by atoms with Crippen molar-refractivity contribution in [2.75, 3.05) is 0 Å². The van der Waals surface area contributed by atoms with E-state index < -0.39 is 0 Å². The quantitative estimate of drug-likeness (QED) is 0.353. The number of halogens is 1. The average Bonchev–Trinajstić information content (AvgIpc) is 3.03. The van der Waals surface area contributed by atoms with Crippen molar-refractivity contribution < 1.29 is 4.92 Å². The van der Waals surface area contributed by atoms with Gasteiger partial charge < -0.3 is 0 Å².